The van der Waals surface area contributed by atoms with Crippen LogP contribution in [0.5, 0.6) is 0 Å². The number of nitrogens with zero attached hydrogens (tertiary/aromatic N) is 3. The minimum atomic E-state index is 0.241. The van der Waals surface area contributed by atoms with E-state index in [1.807, 2.05) is 37.2 Å². The third kappa shape index (κ3) is 3.45. The first-order valence-electron chi connectivity index (χ1n) is 6.11. The van der Waals surface area contributed by atoms with Crippen LogP contribution >= 0.6 is 0 Å². The van der Waals surface area contributed by atoms with E-state index in [1.54, 1.807) is 0 Å². The molecule has 0 spiro atoms. The van der Waals surface area contributed by atoms with E-state index in [-0.39, 0.29) is 5.92 Å². The number of anilines is 1. The molecule has 1 aromatic heterocycles. The standard InChI is InChI=1S/C14H21N3/c1-5-11(2)12(9-10-15)13-7-6-8-14(16-13)17(3)4/h6-8,11-12H,5,9H2,1-4H3. The van der Waals surface area contributed by atoms with Crippen molar-refractivity contribution in [1.82, 2.24) is 4.98 Å². The third-order valence-corrected chi connectivity index (χ3v) is 3.24. The molecule has 0 aromatic carbocycles. The molecule has 0 aliphatic heterocycles. The SMILES string of the molecule is CCC(C)C(CC#N)c1cccc(N(C)C)n1. The number of hydrogen-bond acceptors (Lipinski definition) is 3. The number of hydrogen-bond donors (Lipinski definition) is 0. The van der Waals surface area contributed by atoms with Crippen molar-refractivity contribution in [2.24, 2.45) is 5.92 Å². The summed E-state index contributed by atoms with van der Waals surface area (Å²) in [6.07, 6.45) is 1.61. The molecule has 2 atom stereocenters. The molecule has 0 amide bonds. The molecule has 2 unspecified atom stereocenters. The number of pyridine rings is 1. The second-order valence-electron chi connectivity index (χ2n) is 4.67. The van der Waals surface area contributed by atoms with E-state index < -0.39 is 0 Å². The lowest BCUT2D eigenvalue weighted by atomic mass is 9.86. The van der Waals surface area contributed by atoms with Gasteiger partial charge in [0.1, 0.15) is 5.82 Å². The molecule has 3 nitrogen and oxygen atoms in total. The maximum atomic E-state index is 8.93. The highest BCUT2D eigenvalue weighted by Crippen LogP contribution is 2.29. The Hall–Kier alpha value is -1.56. The lowest BCUT2D eigenvalue weighted by molar-refractivity contribution is 0.443. The zero-order chi connectivity index (χ0) is 12.8. The molecule has 92 valence electrons. The van der Waals surface area contributed by atoms with Crippen LogP contribution in [0.2, 0.25) is 0 Å². The maximum Gasteiger partial charge on any atom is 0.128 e. The molecule has 0 aliphatic rings. The largest absolute Gasteiger partial charge is 0.363 e. The highest BCUT2D eigenvalue weighted by Gasteiger charge is 2.19. The second-order valence-corrected chi connectivity index (χ2v) is 4.67. The van der Waals surface area contributed by atoms with Crippen molar-refractivity contribution in [3.8, 4) is 6.07 Å². The first-order valence-corrected chi connectivity index (χ1v) is 6.11. The summed E-state index contributed by atoms with van der Waals surface area (Å²) in [6, 6.07) is 8.31. The molecule has 0 N–H and O–H groups in total. The van der Waals surface area contributed by atoms with Crippen LogP contribution in [0.4, 0.5) is 5.82 Å². The number of nitriles is 1. The number of rotatable bonds is 5. The normalized spacial score (nSPS) is 13.8. The van der Waals surface area contributed by atoms with E-state index in [2.05, 4.69) is 24.9 Å². The highest BCUT2D eigenvalue weighted by atomic mass is 15.1. The summed E-state index contributed by atoms with van der Waals surface area (Å²) in [7, 11) is 3.96. The summed E-state index contributed by atoms with van der Waals surface area (Å²) in [5.74, 6) is 1.68. The molecule has 0 aliphatic carbocycles. The van der Waals surface area contributed by atoms with Crippen molar-refractivity contribution < 1.29 is 0 Å². The Morgan fingerprint density at radius 2 is 2.12 bits per heavy atom. The Kier molecular flexibility index (Phi) is 4.96. The van der Waals surface area contributed by atoms with Gasteiger partial charge in [0.25, 0.3) is 0 Å². The summed E-state index contributed by atoms with van der Waals surface area (Å²) in [4.78, 5) is 6.62. The monoisotopic (exact) mass is 231 g/mol. The zero-order valence-electron chi connectivity index (χ0n) is 11.1. The van der Waals surface area contributed by atoms with Crippen molar-refractivity contribution in [2.75, 3.05) is 19.0 Å². The molecular formula is C14H21N3. The molecule has 1 rings (SSSR count). The average molecular weight is 231 g/mol. The van der Waals surface area contributed by atoms with Crippen LogP contribution in [0.1, 0.15) is 38.3 Å². The first kappa shape index (κ1) is 13.5. The Bertz CT molecular complexity index is 393. The molecule has 0 radical (unpaired) electrons. The molecular weight excluding hydrogens is 210 g/mol. The van der Waals surface area contributed by atoms with E-state index in [0.29, 0.717) is 12.3 Å². The van der Waals surface area contributed by atoms with E-state index in [9.17, 15) is 0 Å². The van der Waals surface area contributed by atoms with Crippen molar-refractivity contribution in [3.05, 3.63) is 23.9 Å². The molecule has 0 saturated heterocycles. The predicted octanol–water partition coefficient (Wildman–Crippen LogP) is 3.19. The first-order chi connectivity index (χ1) is 8.10. The summed E-state index contributed by atoms with van der Waals surface area (Å²) in [5, 5.41) is 8.93. The quantitative estimate of drug-likeness (QED) is 0.781. The van der Waals surface area contributed by atoms with Gasteiger partial charge in [0.2, 0.25) is 0 Å². The van der Waals surface area contributed by atoms with Crippen LogP contribution in [0, 0.1) is 17.2 Å². The fourth-order valence-corrected chi connectivity index (χ4v) is 1.88. The molecule has 0 fully saturated rings. The van der Waals surface area contributed by atoms with Gasteiger partial charge in [-0.1, -0.05) is 26.3 Å². The zero-order valence-corrected chi connectivity index (χ0v) is 11.1. The Balaban J connectivity index is 3.02. The lowest BCUT2D eigenvalue weighted by Gasteiger charge is -2.21. The van der Waals surface area contributed by atoms with E-state index >= 15 is 0 Å². The van der Waals surface area contributed by atoms with Gasteiger partial charge in [0, 0.05) is 32.1 Å². The summed E-state index contributed by atoms with van der Waals surface area (Å²) < 4.78 is 0. The van der Waals surface area contributed by atoms with Gasteiger partial charge in [-0.3, -0.25) is 0 Å². The molecule has 0 bridgehead atoms. The fourth-order valence-electron chi connectivity index (χ4n) is 1.88. The summed E-state index contributed by atoms with van der Waals surface area (Å²) in [5.41, 5.74) is 1.03. The minimum absolute atomic E-state index is 0.241. The topological polar surface area (TPSA) is 39.9 Å². The third-order valence-electron chi connectivity index (χ3n) is 3.24. The van der Waals surface area contributed by atoms with Crippen molar-refractivity contribution in [3.63, 3.8) is 0 Å². The van der Waals surface area contributed by atoms with Crippen molar-refractivity contribution in [2.45, 2.75) is 32.6 Å². The van der Waals surface area contributed by atoms with Gasteiger partial charge in [-0.05, 0) is 18.1 Å². The van der Waals surface area contributed by atoms with E-state index in [4.69, 9.17) is 5.26 Å². The summed E-state index contributed by atoms with van der Waals surface area (Å²) in [6.45, 7) is 4.34. The van der Waals surface area contributed by atoms with Crippen molar-refractivity contribution in [1.29, 1.82) is 5.26 Å². The Morgan fingerprint density at radius 1 is 1.41 bits per heavy atom. The Labute approximate surface area is 104 Å². The van der Waals surface area contributed by atoms with Crippen LogP contribution in [0.3, 0.4) is 0 Å². The maximum absolute atomic E-state index is 8.93. The van der Waals surface area contributed by atoms with Gasteiger partial charge in [-0.2, -0.15) is 5.26 Å². The van der Waals surface area contributed by atoms with Gasteiger partial charge >= 0.3 is 0 Å². The number of aromatic nitrogens is 1. The van der Waals surface area contributed by atoms with Gasteiger partial charge < -0.3 is 4.90 Å². The minimum Gasteiger partial charge on any atom is -0.363 e. The van der Waals surface area contributed by atoms with Crippen LogP contribution in [-0.4, -0.2) is 19.1 Å². The van der Waals surface area contributed by atoms with E-state index in [0.717, 1.165) is 17.9 Å². The summed E-state index contributed by atoms with van der Waals surface area (Å²) >= 11 is 0. The molecule has 0 saturated carbocycles. The smallest absolute Gasteiger partial charge is 0.128 e. The second kappa shape index (κ2) is 6.24. The average Bonchev–Trinajstić information content (AvgIpc) is 2.35. The molecule has 1 heterocycles. The van der Waals surface area contributed by atoms with Crippen LogP contribution in [-0.2, 0) is 0 Å². The fraction of sp³-hybridized carbons (Fsp3) is 0.571. The van der Waals surface area contributed by atoms with Crippen LogP contribution in [0.15, 0.2) is 18.2 Å². The van der Waals surface area contributed by atoms with Crippen LogP contribution in [0.25, 0.3) is 0 Å². The van der Waals surface area contributed by atoms with Gasteiger partial charge in [0.05, 0.1) is 6.07 Å². The van der Waals surface area contributed by atoms with Gasteiger partial charge in [-0.15, -0.1) is 0 Å². The van der Waals surface area contributed by atoms with Crippen molar-refractivity contribution >= 4 is 5.82 Å². The van der Waals surface area contributed by atoms with E-state index in [1.165, 1.54) is 0 Å². The predicted molar refractivity (Wildman–Crippen MR) is 71.0 cm³/mol. The Morgan fingerprint density at radius 3 is 2.65 bits per heavy atom. The highest BCUT2D eigenvalue weighted by molar-refractivity contribution is 5.37. The van der Waals surface area contributed by atoms with Gasteiger partial charge in [-0.25, -0.2) is 4.98 Å². The molecule has 1 aromatic rings. The molecule has 17 heavy (non-hydrogen) atoms. The van der Waals surface area contributed by atoms with Gasteiger partial charge in [0.15, 0.2) is 0 Å². The van der Waals surface area contributed by atoms with Crippen LogP contribution < -0.4 is 4.90 Å². The lowest BCUT2D eigenvalue weighted by Crippen LogP contribution is -2.15. The molecule has 3 heteroatoms.